The van der Waals surface area contributed by atoms with Gasteiger partial charge in [0, 0.05) is 15.5 Å². The molecular formula is C12H17ClN4S2. The van der Waals surface area contributed by atoms with E-state index in [1.54, 1.807) is 23.5 Å². The Kier molecular flexibility index (Phi) is 10.6. The minimum Gasteiger partial charge on any atom is -0.298 e. The predicted octanol–water partition coefficient (Wildman–Crippen LogP) is 5.65. The number of thioether (sulfide) groups is 2. The van der Waals surface area contributed by atoms with Crippen LogP contribution in [0.5, 0.6) is 0 Å². The van der Waals surface area contributed by atoms with Crippen LogP contribution in [0.15, 0.2) is 34.3 Å². The Hall–Kier alpha value is -0.810. The lowest BCUT2D eigenvalue weighted by Gasteiger charge is -2.03. The number of azide groups is 1. The predicted molar refractivity (Wildman–Crippen MR) is 88.3 cm³/mol. The van der Waals surface area contributed by atoms with Crippen LogP contribution in [0.3, 0.4) is 0 Å². The van der Waals surface area contributed by atoms with E-state index in [9.17, 15) is 0 Å². The smallest absolute Gasteiger partial charge is 0.0641 e. The second-order valence-electron chi connectivity index (χ2n) is 3.49. The van der Waals surface area contributed by atoms with E-state index in [1.165, 1.54) is 4.90 Å². The molecule has 0 radical (unpaired) electrons. The average molecular weight is 317 g/mol. The fourth-order valence-corrected chi connectivity index (χ4v) is 2.82. The second-order valence-corrected chi connectivity index (χ2v) is 6.02. The Morgan fingerprint density at radius 3 is 2.63 bits per heavy atom. The third kappa shape index (κ3) is 8.06. The quantitative estimate of drug-likeness (QED) is 0.134. The van der Waals surface area contributed by atoms with Gasteiger partial charge in [0.2, 0.25) is 0 Å². The zero-order chi connectivity index (χ0) is 13.2. The number of nitrogens with zero attached hydrogens (tertiary/aromatic N) is 3. The fourth-order valence-electron chi connectivity index (χ4n) is 1.33. The molecule has 1 aromatic carbocycles. The Labute approximate surface area is 128 Å². The van der Waals surface area contributed by atoms with Crippen LogP contribution >= 0.6 is 35.9 Å². The van der Waals surface area contributed by atoms with Crippen molar-refractivity contribution >= 4 is 46.7 Å². The van der Waals surface area contributed by atoms with E-state index in [-0.39, 0.29) is 12.4 Å². The lowest BCUT2D eigenvalue weighted by molar-refractivity contribution is 1.01. The lowest BCUT2D eigenvalue weighted by Crippen LogP contribution is -1.92. The molecule has 0 aliphatic heterocycles. The van der Waals surface area contributed by atoms with Crippen molar-refractivity contribution in [2.45, 2.75) is 24.7 Å². The summed E-state index contributed by atoms with van der Waals surface area (Å²) in [6, 6.07) is 7.55. The van der Waals surface area contributed by atoms with Crippen LogP contribution in [-0.4, -0.2) is 16.5 Å². The van der Waals surface area contributed by atoms with Crippen LogP contribution in [0, 0.1) is 5.41 Å². The molecule has 0 aliphatic carbocycles. The molecule has 0 aliphatic rings. The Morgan fingerprint density at radius 2 is 2.05 bits per heavy atom. The summed E-state index contributed by atoms with van der Waals surface area (Å²) in [5, 5.41) is 12.0. The number of halogens is 1. The molecule has 0 unspecified atom stereocenters. The number of hydrogen-bond acceptors (Lipinski definition) is 4. The van der Waals surface area contributed by atoms with Crippen molar-refractivity contribution in [1.82, 2.24) is 0 Å². The van der Waals surface area contributed by atoms with E-state index >= 15 is 0 Å². The minimum absolute atomic E-state index is 0. The van der Waals surface area contributed by atoms with Crippen molar-refractivity contribution in [3.8, 4) is 0 Å². The fraction of sp³-hybridized carbons (Fsp3) is 0.417. The highest BCUT2D eigenvalue weighted by Gasteiger charge is 1.98. The normalized spacial score (nSPS) is 9.32. The van der Waals surface area contributed by atoms with Gasteiger partial charge in [-0.2, -0.15) is 0 Å². The maximum atomic E-state index is 8.29. The molecule has 0 heterocycles. The molecule has 1 rings (SSSR count). The van der Waals surface area contributed by atoms with E-state index in [1.807, 2.05) is 24.3 Å². The molecule has 19 heavy (non-hydrogen) atoms. The van der Waals surface area contributed by atoms with Crippen molar-refractivity contribution < 1.29 is 0 Å². The third-order valence-corrected chi connectivity index (χ3v) is 4.07. The van der Waals surface area contributed by atoms with Gasteiger partial charge < -0.3 is 0 Å². The summed E-state index contributed by atoms with van der Waals surface area (Å²) in [6.07, 6.45) is 1.89. The second kappa shape index (κ2) is 11.1. The van der Waals surface area contributed by atoms with Gasteiger partial charge in [-0.1, -0.05) is 24.2 Å². The summed E-state index contributed by atoms with van der Waals surface area (Å²) < 4.78 is 0. The Bertz CT molecular complexity index is 430. The summed E-state index contributed by atoms with van der Waals surface area (Å²) in [7, 11) is 0. The van der Waals surface area contributed by atoms with Crippen LogP contribution in [0.2, 0.25) is 0 Å². The molecule has 0 bridgehead atoms. The summed E-state index contributed by atoms with van der Waals surface area (Å²) in [6.45, 7) is 2.07. The molecule has 0 amide bonds. The van der Waals surface area contributed by atoms with Gasteiger partial charge in [-0.25, -0.2) is 0 Å². The topological polar surface area (TPSA) is 72.6 Å². The van der Waals surface area contributed by atoms with E-state index in [0.29, 0.717) is 5.69 Å². The molecule has 0 saturated carbocycles. The maximum Gasteiger partial charge on any atom is 0.0641 e. The zero-order valence-electron chi connectivity index (χ0n) is 10.7. The van der Waals surface area contributed by atoms with Crippen molar-refractivity contribution in [1.29, 1.82) is 5.41 Å². The number of benzene rings is 1. The van der Waals surface area contributed by atoms with Crippen LogP contribution < -0.4 is 0 Å². The molecule has 1 N–H and O–H groups in total. The first-order valence-corrected chi connectivity index (χ1v) is 7.71. The maximum absolute atomic E-state index is 8.29. The first kappa shape index (κ1) is 18.2. The van der Waals surface area contributed by atoms with Crippen LogP contribution in [0.1, 0.15) is 19.8 Å². The molecule has 1 aromatic rings. The molecule has 0 aromatic heterocycles. The summed E-state index contributed by atoms with van der Waals surface area (Å²) in [5.41, 5.74) is 8.93. The summed E-state index contributed by atoms with van der Waals surface area (Å²) >= 11 is 3.38. The summed E-state index contributed by atoms with van der Waals surface area (Å²) in [4.78, 5) is 3.91. The van der Waals surface area contributed by atoms with E-state index in [2.05, 4.69) is 16.9 Å². The molecule has 104 valence electrons. The first-order valence-electron chi connectivity index (χ1n) is 5.74. The molecule has 4 nitrogen and oxygen atoms in total. The van der Waals surface area contributed by atoms with Gasteiger partial charge in [0.1, 0.15) is 0 Å². The zero-order valence-corrected chi connectivity index (χ0v) is 13.2. The van der Waals surface area contributed by atoms with Crippen molar-refractivity contribution in [3.05, 3.63) is 34.7 Å². The van der Waals surface area contributed by atoms with Crippen LogP contribution in [0.4, 0.5) is 5.69 Å². The third-order valence-electron chi connectivity index (χ3n) is 2.13. The van der Waals surface area contributed by atoms with E-state index in [4.69, 9.17) is 10.9 Å². The van der Waals surface area contributed by atoms with Gasteiger partial charge in [-0.05, 0) is 42.0 Å². The average Bonchev–Trinajstić information content (AvgIpc) is 2.37. The molecule has 0 fully saturated rings. The van der Waals surface area contributed by atoms with E-state index < -0.39 is 0 Å². The largest absolute Gasteiger partial charge is 0.298 e. The molecule has 7 heteroatoms. The lowest BCUT2D eigenvalue weighted by atomic mass is 10.3. The highest BCUT2D eigenvalue weighted by molar-refractivity contribution is 8.13. The number of rotatable bonds is 7. The standard InChI is InChI=1S/C12H16N4S2.ClH/c1-2-17-12(13)4-3-9-18-11-7-5-10(6-8-11)15-16-14;/h5-8,13H,2-4,9H2,1H3;1H. The molecule has 0 atom stereocenters. The highest BCUT2D eigenvalue weighted by atomic mass is 35.5. The molecule has 0 saturated heterocycles. The number of hydrogen-bond donors (Lipinski definition) is 1. The molecular weight excluding hydrogens is 300 g/mol. The molecule has 0 spiro atoms. The van der Waals surface area contributed by atoms with Crippen LogP contribution in [0.25, 0.3) is 10.4 Å². The monoisotopic (exact) mass is 316 g/mol. The van der Waals surface area contributed by atoms with Crippen molar-refractivity contribution in [3.63, 3.8) is 0 Å². The minimum atomic E-state index is 0. The van der Waals surface area contributed by atoms with Gasteiger partial charge in [-0.15, -0.1) is 35.9 Å². The highest BCUT2D eigenvalue weighted by Crippen LogP contribution is 2.23. The first-order chi connectivity index (χ1) is 8.76. The van der Waals surface area contributed by atoms with Gasteiger partial charge in [0.15, 0.2) is 0 Å². The number of nitrogens with one attached hydrogen (secondary N) is 1. The van der Waals surface area contributed by atoms with E-state index in [0.717, 1.165) is 29.4 Å². The van der Waals surface area contributed by atoms with Gasteiger partial charge >= 0.3 is 0 Å². The summed E-state index contributed by atoms with van der Waals surface area (Å²) in [5.74, 6) is 1.99. The van der Waals surface area contributed by atoms with Gasteiger partial charge in [-0.3, -0.25) is 5.41 Å². The van der Waals surface area contributed by atoms with Crippen molar-refractivity contribution in [2.24, 2.45) is 5.11 Å². The Balaban J connectivity index is 0.00000324. The van der Waals surface area contributed by atoms with Gasteiger partial charge in [0.25, 0.3) is 0 Å². The Morgan fingerprint density at radius 1 is 1.37 bits per heavy atom. The van der Waals surface area contributed by atoms with Gasteiger partial charge in [0.05, 0.1) is 5.04 Å². The SMILES string of the molecule is CCSC(=N)CCCSc1ccc(N=[N+]=[N-])cc1.Cl. The van der Waals surface area contributed by atoms with Crippen LogP contribution in [-0.2, 0) is 0 Å². The van der Waals surface area contributed by atoms with Crippen molar-refractivity contribution in [2.75, 3.05) is 11.5 Å².